The molecule has 0 bridgehead atoms. The normalized spacial score (nSPS) is 9.93. The lowest BCUT2D eigenvalue weighted by Gasteiger charge is -2.00. The van der Waals surface area contributed by atoms with Gasteiger partial charge in [0.25, 0.3) is 5.69 Å². The molecule has 74 valence electrons. The van der Waals surface area contributed by atoms with Crippen LogP contribution in [0.2, 0.25) is 5.02 Å². The van der Waals surface area contributed by atoms with Crippen LogP contribution in [0.15, 0.2) is 12.1 Å². The maximum atomic E-state index is 12.8. The largest absolute Gasteiger partial charge is 0.294 e. The number of carbonyl (C=O) groups is 1. The van der Waals surface area contributed by atoms with Crippen LogP contribution in [0.1, 0.15) is 17.3 Å². The van der Waals surface area contributed by atoms with E-state index in [0.717, 1.165) is 13.0 Å². The van der Waals surface area contributed by atoms with Crippen LogP contribution >= 0.6 is 11.6 Å². The summed E-state index contributed by atoms with van der Waals surface area (Å²) in [7, 11) is 0. The maximum absolute atomic E-state index is 12.8. The summed E-state index contributed by atoms with van der Waals surface area (Å²) in [6.07, 6.45) is 0. The molecule has 1 rings (SSSR count). The summed E-state index contributed by atoms with van der Waals surface area (Å²) >= 11 is 5.38. The molecule has 0 aliphatic heterocycles. The summed E-state index contributed by atoms with van der Waals surface area (Å²) < 4.78 is 12.8. The molecule has 0 heterocycles. The van der Waals surface area contributed by atoms with Crippen molar-refractivity contribution in [1.29, 1.82) is 0 Å². The summed E-state index contributed by atoms with van der Waals surface area (Å²) in [4.78, 5) is 20.6. The average molecular weight is 218 g/mol. The summed E-state index contributed by atoms with van der Waals surface area (Å²) in [6, 6.07) is 1.59. The van der Waals surface area contributed by atoms with Gasteiger partial charge in [-0.3, -0.25) is 14.9 Å². The fourth-order valence-electron chi connectivity index (χ4n) is 0.969. The van der Waals surface area contributed by atoms with Gasteiger partial charge < -0.3 is 0 Å². The van der Waals surface area contributed by atoms with Crippen molar-refractivity contribution in [2.24, 2.45) is 0 Å². The molecule has 0 unspecified atom stereocenters. The zero-order valence-electron chi connectivity index (χ0n) is 7.08. The van der Waals surface area contributed by atoms with E-state index in [9.17, 15) is 19.3 Å². The minimum absolute atomic E-state index is 0.193. The third kappa shape index (κ3) is 1.88. The molecule has 0 N–H and O–H groups in total. The van der Waals surface area contributed by atoms with Crippen molar-refractivity contribution in [3.8, 4) is 0 Å². The highest BCUT2D eigenvalue weighted by Crippen LogP contribution is 2.26. The zero-order chi connectivity index (χ0) is 10.9. The van der Waals surface area contributed by atoms with E-state index in [-0.39, 0.29) is 10.6 Å². The van der Waals surface area contributed by atoms with Crippen LogP contribution in [0.4, 0.5) is 10.1 Å². The number of nitro benzene ring substituents is 1. The molecule has 0 radical (unpaired) electrons. The number of ketones is 1. The Morgan fingerprint density at radius 1 is 1.57 bits per heavy atom. The maximum Gasteiger partial charge on any atom is 0.283 e. The highest BCUT2D eigenvalue weighted by molar-refractivity contribution is 6.31. The summed E-state index contributed by atoms with van der Waals surface area (Å²) in [5, 5.41) is 10.1. The molecule has 4 nitrogen and oxygen atoms in total. The lowest BCUT2D eigenvalue weighted by molar-refractivity contribution is -0.385. The second kappa shape index (κ2) is 3.71. The van der Waals surface area contributed by atoms with Crippen molar-refractivity contribution in [3.05, 3.63) is 38.7 Å². The van der Waals surface area contributed by atoms with Gasteiger partial charge in [-0.15, -0.1) is 0 Å². The van der Waals surface area contributed by atoms with Crippen LogP contribution < -0.4 is 0 Å². The number of hydrogen-bond donors (Lipinski definition) is 0. The molecule has 0 atom stereocenters. The van der Waals surface area contributed by atoms with Gasteiger partial charge in [0.15, 0.2) is 5.78 Å². The van der Waals surface area contributed by atoms with Crippen molar-refractivity contribution in [2.75, 3.05) is 0 Å². The van der Waals surface area contributed by atoms with Gasteiger partial charge in [-0.05, 0) is 13.0 Å². The number of carbonyl (C=O) groups excluding carboxylic acids is 1. The van der Waals surface area contributed by atoms with Gasteiger partial charge in [0, 0.05) is 0 Å². The first kappa shape index (κ1) is 10.6. The zero-order valence-corrected chi connectivity index (χ0v) is 7.84. The molecular formula is C8H5ClFNO3. The second-order valence-electron chi connectivity index (χ2n) is 2.60. The standard InChI is InChI=1S/C8H5ClFNO3/c1-4(12)5-2-6(9)7(10)3-8(5)11(13)14/h2-3H,1H3. The van der Waals surface area contributed by atoms with E-state index in [0.29, 0.717) is 6.07 Å². The minimum Gasteiger partial charge on any atom is -0.294 e. The van der Waals surface area contributed by atoms with E-state index in [1.165, 1.54) is 0 Å². The number of rotatable bonds is 2. The lowest BCUT2D eigenvalue weighted by Crippen LogP contribution is -2.01. The van der Waals surface area contributed by atoms with Gasteiger partial charge in [-0.1, -0.05) is 11.6 Å². The second-order valence-corrected chi connectivity index (χ2v) is 3.00. The summed E-state index contributed by atoms with van der Waals surface area (Å²) in [5.41, 5.74) is -0.763. The van der Waals surface area contributed by atoms with Crippen molar-refractivity contribution in [2.45, 2.75) is 6.92 Å². The summed E-state index contributed by atoms with van der Waals surface area (Å²) in [5.74, 6) is -1.44. The molecule has 0 amide bonds. The highest BCUT2D eigenvalue weighted by atomic mass is 35.5. The Morgan fingerprint density at radius 2 is 2.14 bits per heavy atom. The lowest BCUT2D eigenvalue weighted by atomic mass is 10.1. The predicted molar refractivity (Wildman–Crippen MR) is 48.1 cm³/mol. The smallest absolute Gasteiger partial charge is 0.283 e. The van der Waals surface area contributed by atoms with E-state index in [1.807, 2.05) is 0 Å². The first-order chi connectivity index (χ1) is 6.43. The van der Waals surface area contributed by atoms with Crippen molar-refractivity contribution >= 4 is 23.1 Å². The average Bonchev–Trinajstić information content (AvgIpc) is 2.08. The first-order valence-electron chi connectivity index (χ1n) is 3.58. The molecular weight excluding hydrogens is 213 g/mol. The number of nitrogens with zero attached hydrogens (tertiary/aromatic N) is 1. The van der Waals surface area contributed by atoms with Crippen LogP contribution in [-0.2, 0) is 0 Å². The Labute approximate surface area is 83.4 Å². The summed E-state index contributed by atoms with van der Waals surface area (Å²) in [6.45, 7) is 1.15. The van der Waals surface area contributed by atoms with Crippen molar-refractivity contribution < 1.29 is 14.1 Å². The van der Waals surface area contributed by atoms with Crippen molar-refractivity contribution in [3.63, 3.8) is 0 Å². The third-order valence-corrected chi connectivity index (χ3v) is 1.90. The molecule has 0 saturated carbocycles. The van der Waals surface area contributed by atoms with Crippen LogP contribution in [0.3, 0.4) is 0 Å². The molecule has 0 aromatic heterocycles. The third-order valence-electron chi connectivity index (χ3n) is 1.61. The van der Waals surface area contributed by atoms with Crippen LogP contribution in [0, 0.1) is 15.9 Å². The van der Waals surface area contributed by atoms with E-state index in [1.54, 1.807) is 0 Å². The van der Waals surface area contributed by atoms with Gasteiger partial charge in [-0.2, -0.15) is 0 Å². The predicted octanol–water partition coefficient (Wildman–Crippen LogP) is 2.59. The van der Waals surface area contributed by atoms with Crippen molar-refractivity contribution in [1.82, 2.24) is 0 Å². The van der Waals surface area contributed by atoms with Gasteiger partial charge in [0.2, 0.25) is 0 Å². The molecule has 6 heteroatoms. The molecule has 0 aliphatic carbocycles. The topological polar surface area (TPSA) is 60.2 Å². The van der Waals surface area contributed by atoms with Crippen LogP contribution in [0.25, 0.3) is 0 Å². The Morgan fingerprint density at radius 3 is 2.57 bits per heavy atom. The molecule has 0 fully saturated rings. The fraction of sp³-hybridized carbons (Fsp3) is 0.125. The van der Waals surface area contributed by atoms with E-state index in [2.05, 4.69) is 0 Å². The molecule has 14 heavy (non-hydrogen) atoms. The number of nitro groups is 1. The number of halogens is 2. The van der Waals surface area contributed by atoms with Crippen LogP contribution in [0.5, 0.6) is 0 Å². The van der Waals surface area contributed by atoms with Gasteiger partial charge in [-0.25, -0.2) is 4.39 Å². The quantitative estimate of drug-likeness (QED) is 0.435. The molecule has 0 saturated heterocycles. The highest BCUT2D eigenvalue weighted by Gasteiger charge is 2.20. The molecule has 0 spiro atoms. The van der Waals surface area contributed by atoms with Crippen LogP contribution in [-0.4, -0.2) is 10.7 Å². The Balaban J connectivity index is 3.46. The minimum atomic E-state index is -0.914. The van der Waals surface area contributed by atoms with E-state index in [4.69, 9.17) is 11.6 Å². The first-order valence-corrected chi connectivity index (χ1v) is 3.95. The molecule has 1 aromatic rings. The van der Waals surface area contributed by atoms with E-state index < -0.39 is 22.2 Å². The van der Waals surface area contributed by atoms with Gasteiger partial charge in [0.05, 0.1) is 21.6 Å². The SMILES string of the molecule is CC(=O)c1cc(Cl)c(F)cc1[N+](=O)[O-]. The van der Waals surface area contributed by atoms with Gasteiger partial charge in [0.1, 0.15) is 5.82 Å². The molecule has 0 aliphatic rings. The van der Waals surface area contributed by atoms with E-state index >= 15 is 0 Å². The number of hydrogen-bond acceptors (Lipinski definition) is 3. The number of Topliss-reactive ketones (excluding diaryl/α,β-unsaturated/α-hetero) is 1. The monoisotopic (exact) mass is 217 g/mol. The fourth-order valence-corrected chi connectivity index (χ4v) is 1.13. The number of benzene rings is 1. The Kier molecular flexibility index (Phi) is 2.81. The molecule has 1 aromatic carbocycles. The van der Waals surface area contributed by atoms with Gasteiger partial charge >= 0.3 is 0 Å². The Bertz CT molecular complexity index is 380. The Hall–Kier alpha value is -1.49.